The molecule has 4 N–H and O–H groups in total. The molecular weight excluding hydrogens is 568 g/mol. The maximum atomic E-state index is 13.6. The van der Waals surface area contributed by atoms with Gasteiger partial charge in [0, 0.05) is 30.1 Å². The summed E-state index contributed by atoms with van der Waals surface area (Å²) >= 11 is 0.996. The van der Waals surface area contributed by atoms with E-state index in [1.165, 1.54) is 17.0 Å². The van der Waals surface area contributed by atoms with Crippen LogP contribution in [0.25, 0.3) is 10.9 Å². The molecule has 6 rings (SSSR count). The van der Waals surface area contributed by atoms with Crippen molar-refractivity contribution in [2.45, 2.75) is 49.7 Å². The van der Waals surface area contributed by atoms with E-state index in [2.05, 4.69) is 19.9 Å². The number of aromatic hydroxyl groups is 1. The highest BCUT2D eigenvalue weighted by Gasteiger charge is 2.47. The molecule has 2 aliphatic heterocycles. The first-order chi connectivity index (χ1) is 18.5. The number of amidine groups is 1. The summed E-state index contributed by atoms with van der Waals surface area (Å²) in [7, 11) is -8.37. The highest BCUT2D eigenvalue weighted by atomic mass is 32.2. The normalized spacial score (nSPS) is 21.9. The summed E-state index contributed by atoms with van der Waals surface area (Å²) in [6.07, 6.45) is 2.78. The van der Waals surface area contributed by atoms with Gasteiger partial charge in [-0.1, -0.05) is 12.1 Å². The number of nitrogens with one attached hydrogen (secondary N) is 3. The number of Topliss-reactive ketones (excluding diaryl/α,β-unsaturated/α-hetero) is 1. The second kappa shape index (κ2) is 9.12. The highest BCUT2D eigenvalue weighted by molar-refractivity contribution is 7.91. The van der Waals surface area contributed by atoms with Gasteiger partial charge in [0.1, 0.15) is 27.0 Å². The molecule has 1 aromatic carbocycles. The molecule has 1 saturated heterocycles. The Labute approximate surface area is 227 Å². The first kappa shape index (κ1) is 25.9. The van der Waals surface area contributed by atoms with E-state index in [4.69, 9.17) is 0 Å². The number of hydrogen-bond donors (Lipinski definition) is 4. The first-order valence-corrected chi connectivity index (χ1v) is 15.9. The third kappa shape index (κ3) is 4.41. The summed E-state index contributed by atoms with van der Waals surface area (Å²) in [4.78, 5) is 24.8. The summed E-state index contributed by atoms with van der Waals surface area (Å²) in [5.41, 5.74) is 2.80. The summed E-state index contributed by atoms with van der Waals surface area (Å²) in [5, 5.41) is 15.9. The minimum Gasteiger partial charge on any atom is -0.506 e. The van der Waals surface area contributed by atoms with Crippen LogP contribution in [0, 0.1) is 0 Å². The van der Waals surface area contributed by atoms with Gasteiger partial charge in [-0.15, -0.1) is 15.7 Å². The molecule has 13 nitrogen and oxygen atoms in total. The van der Waals surface area contributed by atoms with E-state index in [-0.39, 0.29) is 51.8 Å². The third-order valence-electron chi connectivity index (χ3n) is 7.02. The van der Waals surface area contributed by atoms with Crippen LogP contribution in [0.3, 0.4) is 0 Å². The Morgan fingerprint density at radius 3 is 2.69 bits per heavy atom. The van der Waals surface area contributed by atoms with Crippen LogP contribution in [0.4, 0.5) is 5.00 Å². The molecule has 0 bridgehead atoms. The van der Waals surface area contributed by atoms with Crippen molar-refractivity contribution < 1.29 is 26.7 Å². The van der Waals surface area contributed by atoms with Crippen LogP contribution >= 0.6 is 11.3 Å². The van der Waals surface area contributed by atoms with Crippen molar-refractivity contribution >= 4 is 59.1 Å². The third-order valence-corrected chi connectivity index (χ3v) is 11.0. The van der Waals surface area contributed by atoms with Crippen molar-refractivity contribution in [2.75, 3.05) is 17.3 Å². The Hall–Kier alpha value is -3.31. The van der Waals surface area contributed by atoms with Crippen LogP contribution in [0.5, 0.6) is 5.75 Å². The Bertz CT molecular complexity index is 1840. The van der Waals surface area contributed by atoms with Crippen LogP contribution in [-0.2, 0) is 31.6 Å². The summed E-state index contributed by atoms with van der Waals surface area (Å²) in [5.74, 6) is -1.02. The lowest BCUT2D eigenvalue weighted by Crippen LogP contribution is -2.42. The molecule has 1 saturated carbocycles. The predicted molar refractivity (Wildman–Crippen MR) is 145 cm³/mol. The maximum absolute atomic E-state index is 13.6. The average molecular weight is 593 g/mol. The van der Waals surface area contributed by atoms with Crippen LogP contribution in [0.15, 0.2) is 43.7 Å². The molecule has 0 amide bonds. The van der Waals surface area contributed by atoms with Gasteiger partial charge in [0.25, 0.3) is 25.8 Å². The summed E-state index contributed by atoms with van der Waals surface area (Å²) < 4.78 is 60.0. The van der Waals surface area contributed by atoms with E-state index < -0.39 is 37.6 Å². The van der Waals surface area contributed by atoms with Gasteiger partial charge in [0.15, 0.2) is 5.84 Å². The SMILES string of the molecule is CC(=O)C1CN1S(=O)(=O)NCc1csc2c1S(=O)(=O)N=C(c1c(O)c3ccccc3n(NC3CCC3)c1=O)N2. The lowest BCUT2D eigenvalue weighted by molar-refractivity contribution is -0.116. The van der Waals surface area contributed by atoms with Gasteiger partial charge in [-0.3, -0.25) is 9.59 Å². The number of aromatic nitrogens is 1. The molecule has 2 aromatic heterocycles. The topological polar surface area (TPSA) is 179 Å². The Kier molecular flexibility index (Phi) is 6.07. The molecule has 0 radical (unpaired) electrons. The number of carbonyl (C=O) groups excluding carboxylic acids is 1. The minimum absolute atomic E-state index is 0.0708. The quantitative estimate of drug-likeness (QED) is 0.278. The number of sulfonamides is 1. The minimum atomic E-state index is -4.39. The number of benzene rings is 1. The number of anilines is 1. The monoisotopic (exact) mass is 592 g/mol. The van der Waals surface area contributed by atoms with E-state index in [1.807, 2.05) is 0 Å². The molecule has 3 aromatic rings. The number of hydrogen-bond acceptors (Lipinski definition) is 10. The Morgan fingerprint density at radius 2 is 2.03 bits per heavy atom. The molecule has 3 aliphatic rings. The molecule has 2 unspecified atom stereocenters. The largest absolute Gasteiger partial charge is 0.506 e. The van der Waals surface area contributed by atoms with E-state index >= 15 is 0 Å². The van der Waals surface area contributed by atoms with Gasteiger partial charge in [-0.25, -0.2) is 4.68 Å². The van der Waals surface area contributed by atoms with E-state index in [9.17, 15) is 31.5 Å². The molecule has 39 heavy (non-hydrogen) atoms. The van der Waals surface area contributed by atoms with Crippen LogP contribution in [0.1, 0.15) is 37.3 Å². The standard InChI is InChI=1S/C23H24N6O7S3/c1-12(30)17-10-28(17)39(35,36)24-9-13-11-37-22-20(13)38(33,34)27-21(25-22)18-19(31)15-7-2-3-8-16(15)29(23(18)32)26-14-5-4-6-14/h2-3,7-8,11,14,17,24,26,31H,4-6,9-10H2,1H3,(H,25,27). The number of rotatable bonds is 8. The second-order valence-electron chi connectivity index (χ2n) is 9.62. The summed E-state index contributed by atoms with van der Waals surface area (Å²) in [6, 6.07) is 6.08. The lowest BCUT2D eigenvalue weighted by atomic mass is 9.94. The van der Waals surface area contributed by atoms with Crippen molar-refractivity contribution in [3.05, 3.63) is 51.1 Å². The number of para-hydroxylation sites is 1. The maximum Gasteiger partial charge on any atom is 0.287 e. The fourth-order valence-corrected chi connectivity index (χ4v) is 8.57. The summed E-state index contributed by atoms with van der Waals surface area (Å²) in [6.45, 7) is 1.03. The average Bonchev–Trinajstić information content (AvgIpc) is 3.57. The van der Waals surface area contributed by atoms with Gasteiger partial charge in [0.2, 0.25) is 0 Å². The second-order valence-corrected chi connectivity index (χ2v) is 13.7. The van der Waals surface area contributed by atoms with E-state index in [1.54, 1.807) is 24.3 Å². The van der Waals surface area contributed by atoms with Crippen molar-refractivity contribution in [2.24, 2.45) is 4.40 Å². The van der Waals surface area contributed by atoms with Crippen molar-refractivity contribution in [3.63, 3.8) is 0 Å². The number of pyridine rings is 1. The highest BCUT2D eigenvalue weighted by Crippen LogP contribution is 2.38. The zero-order valence-corrected chi connectivity index (χ0v) is 23.0. The van der Waals surface area contributed by atoms with Gasteiger partial charge < -0.3 is 15.8 Å². The van der Waals surface area contributed by atoms with Gasteiger partial charge >= 0.3 is 0 Å². The van der Waals surface area contributed by atoms with E-state index in [0.717, 1.165) is 34.9 Å². The molecule has 4 heterocycles. The Morgan fingerprint density at radius 1 is 1.28 bits per heavy atom. The first-order valence-electron chi connectivity index (χ1n) is 12.1. The zero-order valence-electron chi connectivity index (χ0n) is 20.5. The number of nitrogens with zero attached hydrogens (tertiary/aromatic N) is 3. The molecule has 1 aliphatic carbocycles. The fourth-order valence-electron chi connectivity index (χ4n) is 4.64. The Balaban J connectivity index is 1.35. The van der Waals surface area contributed by atoms with E-state index in [0.29, 0.717) is 10.9 Å². The number of thiophene rings is 1. The van der Waals surface area contributed by atoms with Crippen molar-refractivity contribution in [1.82, 2.24) is 13.7 Å². The van der Waals surface area contributed by atoms with Crippen molar-refractivity contribution in [1.29, 1.82) is 0 Å². The predicted octanol–water partition coefficient (Wildman–Crippen LogP) is 1.03. The lowest BCUT2D eigenvalue weighted by Gasteiger charge is -2.29. The molecule has 2 atom stereocenters. The molecular formula is C23H24N6O7S3. The molecule has 206 valence electrons. The molecule has 16 heteroatoms. The molecule has 0 spiro atoms. The van der Waals surface area contributed by atoms with Gasteiger partial charge in [-0.2, -0.15) is 25.9 Å². The van der Waals surface area contributed by atoms with Crippen LogP contribution in [-0.4, -0.2) is 61.2 Å². The fraction of sp³-hybridized carbons (Fsp3) is 0.348. The van der Waals surface area contributed by atoms with Crippen LogP contribution < -0.4 is 21.0 Å². The van der Waals surface area contributed by atoms with Gasteiger partial charge in [0.05, 0.1) is 11.6 Å². The number of carbonyl (C=O) groups is 1. The van der Waals surface area contributed by atoms with Crippen LogP contribution in [0.2, 0.25) is 0 Å². The van der Waals surface area contributed by atoms with Gasteiger partial charge in [-0.05, 0) is 43.7 Å². The van der Waals surface area contributed by atoms with Crippen molar-refractivity contribution in [3.8, 4) is 5.75 Å². The molecule has 2 fully saturated rings. The zero-order chi connectivity index (χ0) is 27.7. The number of fused-ring (bicyclic) bond motifs is 2. The smallest absolute Gasteiger partial charge is 0.287 e. The number of ketones is 1.